The third kappa shape index (κ3) is 2.71. The zero-order valence-corrected chi connectivity index (χ0v) is 6.78. The molecule has 1 rings (SSSR count). The molecule has 0 unspecified atom stereocenters. The van der Waals surface area contributed by atoms with Gasteiger partial charge in [0.25, 0.3) is 0 Å². The summed E-state index contributed by atoms with van der Waals surface area (Å²) in [4.78, 5) is 0. The van der Waals surface area contributed by atoms with Crippen LogP contribution in [0.2, 0.25) is 0 Å². The van der Waals surface area contributed by atoms with Crippen molar-refractivity contribution >= 4 is 15.9 Å². The highest BCUT2D eigenvalue weighted by molar-refractivity contribution is 9.09. The van der Waals surface area contributed by atoms with Gasteiger partial charge in [0, 0.05) is 5.33 Å². The largest absolute Gasteiger partial charge is 0.0928 e. The monoisotopic (exact) mass is 176 g/mol. The molecule has 0 aromatic carbocycles. The molecule has 1 fully saturated rings. The van der Waals surface area contributed by atoms with Gasteiger partial charge in [0.2, 0.25) is 0 Å². The lowest BCUT2D eigenvalue weighted by Gasteiger charge is -1.91. The summed E-state index contributed by atoms with van der Waals surface area (Å²) >= 11 is 3.42. The van der Waals surface area contributed by atoms with Gasteiger partial charge in [-0.1, -0.05) is 41.6 Å². The first-order valence-electron chi connectivity index (χ1n) is 3.49. The average molecular weight is 177 g/mol. The molecule has 0 spiro atoms. The predicted molar refractivity (Wildman–Crippen MR) is 40.4 cm³/mol. The summed E-state index contributed by atoms with van der Waals surface area (Å²) in [6, 6.07) is 0. The molecule has 0 aromatic rings. The van der Waals surface area contributed by atoms with E-state index in [4.69, 9.17) is 0 Å². The normalized spacial score (nSPS) is 19.1. The van der Waals surface area contributed by atoms with Crippen molar-refractivity contribution < 1.29 is 0 Å². The van der Waals surface area contributed by atoms with Gasteiger partial charge in [0.15, 0.2) is 0 Å². The first-order chi connectivity index (χ1) is 3.93. The Morgan fingerprint density at radius 1 is 1.25 bits per heavy atom. The molecule has 48 valence electrons. The summed E-state index contributed by atoms with van der Waals surface area (Å²) in [5, 5.41) is 1.19. The second kappa shape index (κ2) is 3.49. The molecule has 0 bridgehead atoms. The fraction of sp³-hybridized carbons (Fsp3) is 1.00. The van der Waals surface area contributed by atoms with Crippen molar-refractivity contribution in [3.8, 4) is 0 Å². The smallest absolute Gasteiger partial charge is 0.00313 e. The Kier molecular flexibility index (Phi) is 2.88. The molecule has 0 atom stereocenters. The van der Waals surface area contributed by atoms with Crippen LogP contribution >= 0.6 is 15.9 Å². The van der Waals surface area contributed by atoms with Crippen LogP contribution in [0.4, 0.5) is 0 Å². The van der Waals surface area contributed by atoms with Crippen LogP contribution in [0.1, 0.15) is 32.1 Å². The first kappa shape index (κ1) is 6.60. The quantitative estimate of drug-likeness (QED) is 0.457. The molecule has 8 heavy (non-hydrogen) atoms. The first-order valence-corrected chi connectivity index (χ1v) is 4.61. The van der Waals surface area contributed by atoms with E-state index in [1.807, 2.05) is 0 Å². The fourth-order valence-electron chi connectivity index (χ4n) is 0.934. The summed E-state index contributed by atoms with van der Waals surface area (Å²) < 4.78 is 0. The minimum Gasteiger partial charge on any atom is -0.0928 e. The van der Waals surface area contributed by atoms with Crippen LogP contribution in [0.15, 0.2) is 0 Å². The molecule has 0 N–H and O–H groups in total. The van der Waals surface area contributed by atoms with Gasteiger partial charge in [-0.15, -0.1) is 0 Å². The number of hydrogen-bond acceptors (Lipinski definition) is 0. The summed E-state index contributed by atoms with van der Waals surface area (Å²) in [7, 11) is 0. The Balaban J connectivity index is 1.74. The van der Waals surface area contributed by atoms with Crippen molar-refractivity contribution in [2.45, 2.75) is 32.1 Å². The fourth-order valence-corrected chi connectivity index (χ4v) is 1.33. The van der Waals surface area contributed by atoms with Gasteiger partial charge in [-0.25, -0.2) is 0 Å². The molecule has 0 heterocycles. The number of hydrogen-bond donors (Lipinski definition) is 0. The lowest BCUT2D eigenvalue weighted by atomic mass is 10.2. The van der Waals surface area contributed by atoms with Gasteiger partial charge in [0.05, 0.1) is 0 Å². The standard InChI is InChI=1S/C7H13Br/c8-6-2-1-3-7-4-5-7/h7H,1-6H2. The molecule has 0 aromatic heterocycles. The molecule has 0 amide bonds. The van der Waals surface area contributed by atoms with Gasteiger partial charge in [-0.2, -0.15) is 0 Å². The van der Waals surface area contributed by atoms with Crippen LogP contribution in [0.25, 0.3) is 0 Å². The highest BCUT2D eigenvalue weighted by Crippen LogP contribution is 2.33. The Morgan fingerprint density at radius 2 is 2.00 bits per heavy atom. The van der Waals surface area contributed by atoms with Crippen LogP contribution in [0, 0.1) is 5.92 Å². The van der Waals surface area contributed by atoms with Gasteiger partial charge in [0.1, 0.15) is 0 Å². The van der Waals surface area contributed by atoms with Crippen molar-refractivity contribution in [3.63, 3.8) is 0 Å². The lowest BCUT2D eigenvalue weighted by molar-refractivity contribution is 0.659. The molecule has 1 aliphatic rings. The molecule has 0 aliphatic heterocycles. The average Bonchev–Trinajstić information content (AvgIpc) is 2.51. The SMILES string of the molecule is BrCCCCC1CC1. The van der Waals surface area contributed by atoms with Crippen LogP contribution in [-0.2, 0) is 0 Å². The van der Waals surface area contributed by atoms with Crippen LogP contribution in [-0.4, -0.2) is 5.33 Å². The maximum atomic E-state index is 3.42. The van der Waals surface area contributed by atoms with Crippen molar-refractivity contribution in [1.29, 1.82) is 0 Å². The van der Waals surface area contributed by atoms with Crippen LogP contribution in [0.5, 0.6) is 0 Å². The summed E-state index contributed by atoms with van der Waals surface area (Å²) in [6.07, 6.45) is 7.34. The van der Waals surface area contributed by atoms with Gasteiger partial charge in [-0.05, 0) is 12.3 Å². The molecule has 1 aliphatic carbocycles. The zero-order valence-electron chi connectivity index (χ0n) is 5.20. The van der Waals surface area contributed by atoms with Crippen molar-refractivity contribution in [2.75, 3.05) is 5.33 Å². The van der Waals surface area contributed by atoms with Gasteiger partial charge < -0.3 is 0 Å². The summed E-state index contributed by atoms with van der Waals surface area (Å²) in [5.74, 6) is 1.13. The van der Waals surface area contributed by atoms with E-state index in [1.54, 1.807) is 0 Å². The van der Waals surface area contributed by atoms with Crippen molar-refractivity contribution in [2.24, 2.45) is 5.92 Å². The van der Waals surface area contributed by atoms with E-state index in [-0.39, 0.29) is 0 Å². The van der Waals surface area contributed by atoms with E-state index in [9.17, 15) is 0 Å². The van der Waals surface area contributed by atoms with Gasteiger partial charge in [-0.3, -0.25) is 0 Å². The molecule has 1 saturated carbocycles. The van der Waals surface area contributed by atoms with E-state index < -0.39 is 0 Å². The lowest BCUT2D eigenvalue weighted by Crippen LogP contribution is -1.78. The number of halogens is 1. The number of alkyl halides is 1. The molecule has 0 saturated heterocycles. The molecular weight excluding hydrogens is 164 g/mol. The number of rotatable bonds is 4. The Labute approximate surface area is 59.8 Å². The maximum Gasteiger partial charge on any atom is 0.00313 e. The Hall–Kier alpha value is 0.480. The van der Waals surface area contributed by atoms with Crippen LogP contribution < -0.4 is 0 Å². The second-order valence-corrected chi connectivity index (χ2v) is 3.42. The van der Waals surface area contributed by atoms with Crippen molar-refractivity contribution in [1.82, 2.24) is 0 Å². The highest BCUT2D eigenvalue weighted by atomic mass is 79.9. The van der Waals surface area contributed by atoms with Crippen LogP contribution in [0.3, 0.4) is 0 Å². The Morgan fingerprint density at radius 3 is 2.50 bits per heavy atom. The third-order valence-corrected chi connectivity index (χ3v) is 2.25. The third-order valence-electron chi connectivity index (χ3n) is 1.69. The summed E-state index contributed by atoms with van der Waals surface area (Å²) in [6.45, 7) is 0. The minimum atomic E-state index is 1.13. The van der Waals surface area contributed by atoms with E-state index in [2.05, 4.69) is 15.9 Å². The Bertz CT molecular complexity index is 57.4. The zero-order chi connectivity index (χ0) is 5.82. The predicted octanol–water partition coefficient (Wildman–Crippen LogP) is 2.96. The van der Waals surface area contributed by atoms with E-state index >= 15 is 0 Å². The minimum absolute atomic E-state index is 1.13. The molecule has 0 nitrogen and oxygen atoms in total. The maximum absolute atomic E-state index is 3.42. The van der Waals surface area contributed by atoms with E-state index in [0.717, 1.165) is 5.92 Å². The second-order valence-electron chi connectivity index (χ2n) is 2.63. The highest BCUT2D eigenvalue weighted by Gasteiger charge is 2.19. The van der Waals surface area contributed by atoms with Crippen molar-refractivity contribution in [3.05, 3.63) is 0 Å². The summed E-state index contributed by atoms with van der Waals surface area (Å²) in [5.41, 5.74) is 0. The van der Waals surface area contributed by atoms with E-state index in [1.165, 1.54) is 37.4 Å². The molecular formula is C7H13Br. The molecule has 1 heteroatoms. The van der Waals surface area contributed by atoms with Gasteiger partial charge >= 0.3 is 0 Å². The topological polar surface area (TPSA) is 0 Å². The van der Waals surface area contributed by atoms with E-state index in [0.29, 0.717) is 0 Å². The molecule has 0 radical (unpaired) electrons. The number of unbranched alkanes of at least 4 members (excludes halogenated alkanes) is 1.